The van der Waals surface area contributed by atoms with Gasteiger partial charge in [-0.15, -0.1) is 0 Å². The van der Waals surface area contributed by atoms with Crippen molar-refractivity contribution in [2.24, 2.45) is 0 Å². The molecule has 3 aromatic carbocycles. The van der Waals surface area contributed by atoms with Crippen molar-refractivity contribution in [2.75, 3.05) is 11.9 Å². The normalized spacial score (nSPS) is 12.0. The van der Waals surface area contributed by atoms with Crippen LogP contribution in [0.2, 0.25) is 0 Å². The van der Waals surface area contributed by atoms with Gasteiger partial charge in [0, 0.05) is 11.3 Å². The van der Waals surface area contributed by atoms with Crippen LogP contribution >= 0.6 is 0 Å². The van der Waals surface area contributed by atoms with Crippen molar-refractivity contribution in [3.8, 4) is 5.75 Å². The van der Waals surface area contributed by atoms with Crippen LogP contribution in [-0.2, 0) is 22.7 Å². The molecule has 1 aliphatic heterocycles. The number of halogens is 5. The van der Waals surface area contributed by atoms with Crippen LogP contribution in [0, 0.1) is 23.3 Å². The highest BCUT2D eigenvalue weighted by Gasteiger charge is 2.29. The van der Waals surface area contributed by atoms with Gasteiger partial charge in [-0.1, -0.05) is 34.8 Å². The number of cyclic esters (lactones) is 1. The van der Waals surface area contributed by atoms with Gasteiger partial charge in [-0.25, -0.2) is 22.8 Å². The molecule has 13 heteroatoms. The Morgan fingerprint density at radius 1 is 1.02 bits per heavy atom. The Morgan fingerprint density at radius 3 is 2.45 bits per heavy atom. The van der Waals surface area contributed by atoms with E-state index in [0.717, 1.165) is 0 Å². The molecule has 40 heavy (non-hydrogen) atoms. The molecule has 208 valence electrons. The number of esters is 1. The van der Waals surface area contributed by atoms with Crippen molar-refractivity contribution in [1.82, 2.24) is 4.79 Å². The highest BCUT2D eigenvalue weighted by Crippen LogP contribution is 2.33. The molecule has 1 aliphatic rings. The molecular weight excluding hydrogens is 543 g/mol. The Kier molecular flexibility index (Phi) is 8.31. The maximum atomic E-state index is 14.4. The third-order valence-electron chi connectivity index (χ3n) is 5.56. The summed E-state index contributed by atoms with van der Waals surface area (Å²) in [5.74, 6) is -8.28. The van der Waals surface area contributed by atoms with E-state index in [1.54, 1.807) is 36.4 Å². The zero-order valence-electron chi connectivity index (χ0n) is 20.6. The Bertz CT molecular complexity index is 1660. The number of hydrogen-bond donors (Lipinski definition) is 1. The molecule has 0 saturated carbocycles. The smallest absolute Gasteiger partial charge is 0.411 e. The molecular formula is C27H19F5N2O6. The summed E-state index contributed by atoms with van der Waals surface area (Å²) in [6.07, 6.45) is -0.194. The van der Waals surface area contributed by atoms with Crippen LogP contribution in [0.4, 0.5) is 32.5 Å². The number of pyridine rings is 1. The van der Waals surface area contributed by atoms with Crippen LogP contribution < -0.4 is 15.5 Å². The van der Waals surface area contributed by atoms with Crippen molar-refractivity contribution >= 4 is 28.7 Å². The van der Waals surface area contributed by atoms with E-state index < -0.39 is 61.9 Å². The second-order valence-corrected chi connectivity index (χ2v) is 8.18. The summed E-state index contributed by atoms with van der Waals surface area (Å²) in [7, 11) is 0. The van der Waals surface area contributed by atoms with Gasteiger partial charge >= 0.3 is 12.1 Å². The largest absolute Gasteiger partial charge is 0.485 e. The molecule has 1 N–H and O–H groups in total. The summed E-state index contributed by atoms with van der Waals surface area (Å²) in [5, 5.41) is 1.50. The maximum Gasteiger partial charge on any atom is 0.411 e. The van der Waals surface area contributed by atoms with Crippen LogP contribution in [-0.4, -0.2) is 23.5 Å². The summed E-state index contributed by atoms with van der Waals surface area (Å²) in [6.45, 7) is 1.01. The predicted octanol–water partition coefficient (Wildman–Crippen LogP) is 5.79. The molecule has 1 aromatic heterocycles. The molecule has 0 unspecified atom stereocenters. The first-order chi connectivity index (χ1) is 19.1. The number of nitrogens with one attached hydrogen (secondary N) is 1. The molecule has 0 fully saturated rings. The number of rotatable bonds is 5. The average molecular weight is 562 g/mol. The molecule has 1 amide bonds. The number of ether oxygens (including phenoxy) is 3. The second kappa shape index (κ2) is 11.8. The predicted molar refractivity (Wildman–Crippen MR) is 132 cm³/mol. The van der Waals surface area contributed by atoms with E-state index >= 15 is 0 Å². The highest BCUT2D eigenvalue weighted by atomic mass is 19.2. The molecule has 2 bridgehead atoms. The standard InChI is InChI=1S/C19H13F4NO4.C8H6FNO2/c1-2-27-19(26)11-8-24(23)16-12(17(11)25)18(15(22)13(20)14(16)21)28-9-10-6-4-3-5-7-10;9-7-2-1-6-3-5(7)4-12-8(11)10-6/h3-8H,2,9H2,1H3;1-3H,4H2,(H,10,11). The van der Waals surface area contributed by atoms with Crippen LogP contribution in [0.15, 0.2) is 59.5 Å². The van der Waals surface area contributed by atoms with Crippen LogP contribution in [0.25, 0.3) is 10.9 Å². The number of benzene rings is 3. The summed E-state index contributed by atoms with van der Waals surface area (Å²) in [6, 6.07) is 12.6. The number of carbonyl (C=O) groups excluding carboxylic acids is 2. The van der Waals surface area contributed by atoms with Crippen LogP contribution in [0.1, 0.15) is 28.4 Å². The van der Waals surface area contributed by atoms with E-state index in [4.69, 9.17) is 4.74 Å². The van der Waals surface area contributed by atoms with E-state index in [9.17, 15) is 36.4 Å². The third kappa shape index (κ3) is 5.72. The number of fused-ring (bicyclic) bond motifs is 3. The Hall–Kier alpha value is -4.94. The van der Waals surface area contributed by atoms with E-state index in [1.165, 1.54) is 19.1 Å². The molecule has 0 aliphatic carbocycles. The van der Waals surface area contributed by atoms with Gasteiger partial charge in [0.25, 0.3) is 0 Å². The summed E-state index contributed by atoms with van der Waals surface area (Å²) >= 11 is 0. The minimum Gasteiger partial charge on any atom is -0.485 e. The van der Waals surface area contributed by atoms with Crippen molar-refractivity contribution in [3.63, 3.8) is 0 Å². The van der Waals surface area contributed by atoms with Gasteiger partial charge in [0.15, 0.2) is 11.6 Å². The molecule has 0 saturated heterocycles. The summed E-state index contributed by atoms with van der Waals surface area (Å²) in [4.78, 5) is 34.8. The van der Waals surface area contributed by atoms with Crippen molar-refractivity contribution in [2.45, 2.75) is 20.1 Å². The minimum absolute atomic E-state index is 0.00843. The summed E-state index contributed by atoms with van der Waals surface area (Å²) in [5.41, 5.74) is -1.75. The monoisotopic (exact) mass is 562 g/mol. The number of anilines is 1. The van der Waals surface area contributed by atoms with Gasteiger partial charge in [0.05, 0.1) is 18.2 Å². The molecule has 0 atom stereocenters. The fourth-order valence-electron chi connectivity index (χ4n) is 3.69. The van der Waals surface area contributed by atoms with Crippen molar-refractivity contribution in [3.05, 3.63) is 105 Å². The van der Waals surface area contributed by atoms with Crippen molar-refractivity contribution in [1.29, 1.82) is 0 Å². The Labute approximate surface area is 222 Å². The number of hydrogen-bond acceptors (Lipinski definition) is 6. The Morgan fingerprint density at radius 2 is 1.75 bits per heavy atom. The molecule has 4 aromatic rings. The molecule has 2 heterocycles. The average Bonchev–Trinajstić information content (AvgIpc) is 3.10. The van der Waals surface area contributed by atoms with E-state index in [1.807, 2.05) is 0 Å². The second-order valence-electron chi connectivity index (χ2n) is 8.18. The first-order valence-electron chi connectivity index (χ1n) is 11.6. The molecule has 0 spiro atoms. The SMILES string of the molecule is CCOC(=O)c1cn(F)c2c(F)c(F)c(F)c(OCc3ccccc3)c2c1=O.O=C1Nc2ccc(F)c(c2)CO1. The number of amides is 1. The first-order valence-corrected chi connectivity index (χ1v) is 11.6. The van der Waals surface area contributed by atoms with E-state index in [-0.39, 0.29) is 25.6 Å². The van der Waals surface area contributed by atoms with Gasteiger partial charge in [-0.3, -0.25) is 10.1 Å². The Balaban J connectivity index is 0.000000255. The zero-order valence-corrected chi connectivity index (χ0v) is 20.6. The van der Waals surface area contributed by atoms with Gasteiger partial charge in [0.1, 0.15) is 30.1 Å². The topological polar surface area (TPSA) is 95.9 Å². The number of carbonyl (C=O) groups is 2. The molecule has 8 nitrogen and oxygen atoms in total. The van der Waals surface area contributed by atoms with E-state index in [2.05, 4.69) is 14.8 Å². The van der Waals surface area contributed by atoms with Crippen LogP contribution in [0.3, 0.4) is 0 Å². The molecule has 0 radical (unpaired) electrons. The lowest BCUT2D eigenvalue weighted by Crippen LogP contribution is -2.21. The van der Waals surface area contributed by atoms with Crippen molar-refractivity contribution < 1.29 is 45.8 Å². The van der Waals surface area contributed by atoms with Gasteiger partial charge in [-0.05, 0) is 30.7 Å². The lowest BCUT2D eigenvalue weighted by Gasteiger charge is -2.14. The maximum absolute atomic E-state index is 14.4. The number of aromatic nitrogens is 1. The van der Waals surface area contributed by atoms with Crippen LogP contribution in [0.5, 0.6) is 5.75 Å². The minimum atomic E-state index is -2.01. The number of nitrogens with zero attached hydrogens (tertiary/aromatic N) is 1. The third-order valence-corrected chi connectivity index (χ3v) is 5.56. The van der Waals surface area contributed by atoms with E-state index in [0.29, 0.717) is 23.0 Å². The lowest BCUT2D eigenvalue weighted by atomic mass is 10.1. The zero-order chi connectivity index (χ0) is 29.0. The van der Waals surface area contributed by atoms with Gasteiger partial charge < -0.3 is 14.2 Å². The fourth-order valence-corrected chi connectivity index (χ4v) is 3.69. The fraction of sp³-hybridized carbons (Fsp3) is 0.148. The van der Waals surface area contributed by atoms with Gasteiger partial charge in [-0.2, -0.15) is 9.18 Å². The first kappa shape index (κ1) is 28.1. The highest BCUT2D eigenvalue weighted by molar-refractivity contribution is 5.96. The lowest BCUT2D eigenvalue weighted by molar-refractivity contribution is 0.0523. The summed E-state index contributed by atoms with van der Waals surface area (Å²) < 4.78 is 84.1. The quantitative estimate of drug-likeness (QED) is 0.188. The van der Waals surface area contributed by atoms with Gasteiger partial charge in [0.2, 0.25) is 17.1 Å². The molecule has 5 rings (SSSR count).